The van der Waals surface area contributed by atoms with Gasteiger partial charge in [-0.05, 0) is 0 Å². The summed E-state index contributed by atoms with van der Waals surface area (Å²) < 4.78 is 0. The van der Waals surface area contributed by atoms with Gasteiger partial charge in [-0.15, -0.1) is 12.7 Å². The van der Waals surface area contributed by atoms with Crippen LogP contribution in [0.3, 0.4) is 0 Å². The Balaban J connectivity index is -0.000000237. The summed E-state index contributed by atoms with van der Waals surface area (Å²) in [5.41, 5.74) is 4.25. The van der Waals surface area contributed by atoms with Gasteiger partial charge in [-0.1, -0.05) is 57.0 Å². The summed E-state index contributed by atoms with van der Waals surface area (Å²) in [5.74, 6) is 0.632. The van der Waals surface area contributed by atoms with Gasteiger partial charge < -0.3 is 29.9 Å². The summed E-state index contributed by atoms with van der Waals surface area (Å²) in [4.78, 5) is 0. The number of halogens is 2. The maximum absolute atomic E-state index is 10.3. The molecule has 2 rings (SSSR count). The zero-order chi connectivity index (χ0) is 12.1. The summed E-state index contributed by atoms with van der Waals surface area (Å²) in [5, 5.41) is 10.3. The maximum Gasteiger partial charge on any atom is 4.00 e. The van der Waals surface area contributed by atoms with E-state index in [-0.39, 0.29) is 52.3 Å². The van der Waals surface area contributed by atoms with Gasteiger partial charge in [-0.25, -0.2) is 5.57 Å². The molecule has 1 unspecified atom stereocenters. The number of rotatable bonds is 0. The van der Waals surface area contributed by atoms with E-state index in [1.807, 2.05) is 6.07 Å². The van der Waals surface area contributed by atoms with Crippen molar-refractivity contribution in [2.45, 2.75) is 27.7 Å². The van der Waals surface area contributed by atoms with Crippen LogP contribution in [0.2, 0.25) is 0 Å². The van der Waals surface area contributed by atoms with Crippen LogP contribution in [0, 0.1) is 12.0 Å². The number of benzene rings is 1. The van der Waals surface area contributed by atoms with Crippen LogP contribution in [-0.4, -0.2) is 0 Å². The van der Waals surface area contributed by atoms with Crippen molar-refractivity contribution in [2.75, 3.05) is 0 Å². The number of hydrogen-bond acceptors (Lipinski definition) is 1. The van der Waals surface area contributed by atoms with Crippen LogP contribution in [0.25, 0.3) is 0 Å². The smallest absolute Gasteiger partial charge is 1.00 e. The van der Waals surface area contributed by atoms with Gasteiger partial charge in [-0.3, -0.25) is 6.08 Å². The zero-order valence-electron chi connectivity index (χ0n) is 11.6. The molecular weight excluding hydrogens is 315 g/mol. The SMILES string of the molecule is CC1=[C-]C(C)C(C)=C1C.[Cl-].[Cl-].[O-]c1ccccc1.[Ti+4]. The Morgan fingerprint density at radius 1 is 1.00 bits per heavy atom. The number of allylic oxidation sites excluding steroid dienone is 4. The predicted molar refractivity (Wildman–Crippen MR) is 65.9 cm³/mol. The number of hydrogen-bond donors (Lipinski definition) is 0. The van der Waals surface area contributed by atoms with Crippen molar-refractivity contribution in [1.82, 2.24) is 0 Å². The van der Waals surface area contributed by atoms with Crippen molar-refractivity contribution in [2.24, 2.45) is 5.92 Å². The largest absolute Gasteiger partial charge is 4.00 e. The van der Waals surface area contributed by atoms with Gasteiger partial charge in [0.2, 0.25) is 0 Å². The minimum atomic E-state index is 0. The minimum Gasteiger partial charge on any atom is -1.00 e. The summed E-state index contributed by atoms with van der Waals surface area (Å²) in [6.45, 7) is 8.67. The van der Waals surface area contributed by atoms with Gasteiger partial charge in [0.25, 0.3) is 0 Å². The molecule has 19 heavy (non-hydrogen) atoms. The van der Waals surface area contributed by atoms with E-state index in [2.05, 4.69) is 33.8 Å². The van der Waals surface area contributed by atoms with Gasteiger partial charge in [-0.2, -0.15) is 11.1 Å². The van der Waals surface area contributed by atoms with Gasteiger partial charge in [0, 0.05) is 0 Å². The molecule has 1 aliphatic rings. The van der Waals surface area contributed by atoms with Crippen LogP contribution < -0.4 is 29.9 Å². The third-order valence-corrected chi connectivity index (χ3v) is 2.98. The molecule has 0 radical (unpaired) electrons. The first-order valence-electron chi connectivity index (χ1n) is 5.52. The third-order valence-electron chi connectivity index (χ3n) is 2.98. The molecule has 0 amide bonds. The average molecular weight is 333 g/mol. The Morgan fingerprint density at radius 3 is 1.63 bits per heavy atom. The Kier molecular flexibility index (Phi) is 14.6. The summed E-state index contributed by atoms with van der Waals surface area (Å²) in [6, 6.07) is 8.33. The van der Waals surface area contributed by atoms with Gasteiger partial charge in [0.1, 0.15) is 0 Å². The van der Waals surface area contributed by atoms with Crippen LogP contribution in [0.5, 0.6) is 5.75 Å². The zero-order valence-corrected chi connectivity index (χ0v) is 14.7. The molecule has 0 bridgehead atoms. The van der Waals surface area contributed by atoms with Crippen LogP contribution in [0.15, 0.2) is 47.1 Å². The van der Waals surface area contributed by atoms with E-state index in [1.54, 1.807) is 12.1 Å². The molecule has 0 N–H and O–H groups in total. The predicted octanol–water partition coefficient (Wildman–Crippen LogP) is -2.51. The Bertz CT molecular complexity index is 413. The summed E-state index contributed by atoms with van der Waals surface area (Å²) in [7, 11) is 0. The van der Waals surface area contributed by atoms with Gasteiger partial charge in [0.15, 0.2) is 0 Å². The standard InChI is InChI=1S/C9H13.C6H6O.2ClH.Ti/c1-6-5-7(2)9(4)8(6)3;7-6-4-2-1-3-5-6;;;/h6H,1-4H3;1-5,7H;2*1H;/q-1;;;;+4/p-3. The van der Waals surface area contributed by atoms with E-state index < -0.39 is 0 Å². The monoisotopic (exact) mass is 332 g/mol. The van der Waals surface area contributed by atoms with E-state index in [0.717, 1.165) is 0 Å². The molecular formula is C15H18Cl2OTi. The molecule has 0 heterocycles. The Morgan fingerprint density at radius 2 is 1.47 bits per heavy atom. The molecule has 1 atom stereocenters. The fourth-order valence-corrected chi connectivity index (χ4v) is 1.58. The second-order valence-electron chi connectivity index (χ2n) is 4.11. The summed E-state index contributed by atoms with van der Waals surface area (Å²) in [6.07, 6.45) is 3.36. The average Bonchev–Trinajstić information content (AvgIpc) is 2.48. The molecule has 1 aromatic rings. The molecule has 1 nitrogen and oxygen atoms in total. The molecule has 0 aromatic heterocycles. The van der Waals surface area contributed by atoms with E-state index in [1.165, 1.54) is 28.9 Å². The molecule has 1 aromatic carbocycles. The fourth-order valence-electron chi connectivity index (χ4n) is 1.58. The van der Waals surface area contributed by atoms with Crippen molar-refractivity contribution in [3.8, 4) is 5.75 Å². The first kappa shape index (κ1) is 23.9. The van der Waals surface area contributed by atoms with E-state index in [0.29, 0.717) is 5.92 Å². The molecule has 4 heteroatoms. The van der Waals surface area contributed by atoms with E-state index in [4.69, 9.17) is 0 Å². The molecule has 1 aliphatic carbocycles. The molecule has 0 fully saturated rings. The Hall–Kier alpha value is -0.206. The van der Waals surface area contributed by atoms with Crippen LogP contribution >= 0.6 is 0 Å². The first-order chi connectivity index (χ1) is 7.52. The van der Waals surface area contributed by atoms with Crippen molar-refractivity contribution in [3.05, 3.63) is 53.1 Å². The Labute approximate surface area is 143 Å². The first-order valence-corrected chi connectivity index (χ1v) is 5.52. The van der Waals surface area contributed by atoms with E-state index in [9.17, 15) is 5.11 Å². The molecule has 0 saturated heterocycles. The van der Waals surface area contributed by atoms with Gasteiger partial charge >= 0.3 is 21.7 Å². The minimum absolute atomic E-state index is 0. The van der Waals surface area contributed by atoms with Crippen LogP contribution in [0.1, 0.15) is 27.7 Å². The molecule has 0 aliphatic heterocycles. The fraction of sp³-hybridized carbons (Fsp3) is 0.333. The summed E-state index contributed by atoms with van der Waals surface area (Å²) >= 11 is 0. The third kappa shape index (κ3) is 7.84. The van der Waals surface area contributed by atoms with Crippen molar-refractivity contribution < 1.29 is 51.6 Å². The van der Waals surface area contributed by atoms with E-state index >= 15 is 0 Å². The number of para-hydroxylation sites is 1. The topological polar surface area (TPSA) is 23.1 Å². The van der Waals surface area contributed by atoms with Crippen LogP contribution in [0.4, 0.5) is 0 Å². The molecule has 0 saturated carbocycles. The van der Waals surface area contributed by atoms with Gasteiger partial charge in [0.05, 0.1) is 0 Å². The quantitative estimate of drug-likeness (QED) is 0.380. The molecule has 102 valence electrons. The molecule has 0 spiro atoms. The van der Waals surface area contributed by atoms with Crippen molar-refractivity contribution in [1.29, 1.82) is 0 Å². The second-order valence-corrected chi connectivity index (χ2v) is 4.11. The van der Waals surface area contributed by atoms with Crippen LogP contribution in [-0.2, 0) is 21.7 Å². The van der Waals surface area contributed by atoms with Crippen molar-refractivity contribution in [3.63, 3.8) is 0 Å². The normalized spacial score (nSPS) is 16.0. The van der Waals surface area contributed by atoms with Crippen molar-refractivity contribution >= 4 is 0 Å². The second kappa shape index (κ2) is 11.6. The maximum atomic E-state index is 10.3.